The Kier molecular flexibility index (Phi) is 2.33. The number of fused-ring (bicyclic) bond motifs is 1. The van der Waals surface area contributed by atoms with E-state index in [-0.39, 0.29) is 17.2 Å². The molecule has 0 saturated carbocycles. The van der Waals surface area contributed by atoms with Crippen molar-refractivity contribution >= 4 is 23.2 Å². The Morgan fingerprint density at radius 2 is 2.00 bits per heavy atom. The molecule has 2 aromatic rings. The van der Waals surface area contributed by atoms with Crippen molar-refractivity contribution in [3.8, 4) is 0 Å². The number of nitrogens with one attached hydrogen (secondary N) is 2. The monoisotopic (exact) mass is 241 g/mol. The fourth-order valence-corrected chi connectivity index (χ4v) is 1.85. The molecule has 0 unspecified atom stereocenters. The van der Waals surface area contributed by atoms with Crippen molar-refractivity contribution in [3.05, 3.63) is 46.2 Å². The van der Waals surface area contributed by atoms with Gasteiger partial charge >= 0.3 is 0 Å². The van der Waals surface area contributed by atoms with Gasteiger partial charge in [0.2, 0.25) is 5.95 Å². The van der Waals surface area contributed by atoms with E-state index in [4.69, 9.17) is 5.73 Å². The summed E-state index contributed by atoms with van der Waals surface area (Å²) < 4.78 is 0. The van der Waals surface area contributed by atoms with Gasteiger partial charge in [-0.2, -0.15) is 4.98 Å². The third kappa shape index (κ3) is 1.73. The van der Waals surface area contributed by atoms with Crippen molar-refractivity contribution in [2.24, 2.45) is 4.99 Å². The summed E-state index contributed by atoms with van der Waals surface area (Å²) in [6.45, 7) is 0.521. The quantitative estimate of drug-likeness (QED) is 0.691. The second kappa shape index (κ2) is 3.99. The average molecular weight is 241 g/mol. The van der Waals surface area contributed by atoms with Gasteiger partial charge in [0.1, 0.15) is 0 Å². The highest BCUT2D eigenvalue weighted by molar-refractivity contribution is 6.06. The molecule has 0 saturated heterocycles. The predicted octanol–water partition coefficient (Wildman–Crippen LogP) is 0.898. The molecule has 0 atom stereocenters. The maximum Gasteiger partial charge on any atom is 0.280 e. The van der Waals surface area contributed by atoms with Crippen LogP contribution in [0, 0.1) is 0 Å². The molecule has 1 aliphatic heterocycles. The van der Waals surface area contributed by atoms with E-state index in [1.165, 1.54) is 0 Å². The van der Waals surface area contributed by atoms with Crippen LogP contribution in [0.2, 0.25) is 0 Å². The Bertz CT molecular complexity index is 675. The predicted molar refractivity (Wildman–Crippen MR) is 70.4 cm³/mol. The number of aliphatic imine (C=N–C) groups is 1. The van der Waals surface area contributed by atoms with Gasteiger partial charge in [0, 0.05) is 0 Å². The molecule has 18 heavy (non-hydrogen) atoms. The third-order valence-electron chi connectivity index (χ3n) is 2.69. The molecular weight excluding hydrogens is 230 g/mol. The highest BCUT2D eigenvalue weighted by Gasteiger charge is 2.17. The van der Waals surface area contributed by atoms with Crippen LogP contribution >= 0.6 is 0 Å². The lowest BCUT2D eigenvalue weighted by molar-refractivity contribution is 1.09. The summed E-state index contributed by atoms with van der Waals surface area (Å²) in [7, 11) is 0. The van der Waals surface area contributed by atoms with Gasteiger partial charge in [-0.05, 0) is 5.56 Å². The Hall–Kier alpha value is -2.63. The number of anilines is 2. The van der Waals surface area contributed by atoms with Crippen LogP contribution in [0.4, 0.5) is 17.5 Å². The third-order valence-corrected chi connectivity index (χ3v) is 2.69. The van der Waals surface area contributed by atoms with E-state index in [0.29, 0.717) is 12.4 Å². The van der Waals surface area contributed by atoms with E-state index >= 15 is 0 Å². The summed E-state index contributed by atoms with van der Waals surface area (Å²) in [6, 6.07) is 9.69. The SMILES string of the molecule is Nc1nc2c(c(=O)[nH]1)N=C(c1ccccc1)CN2. The smallest absolute Gasteiger partial charge is 0.280 e. The van der Waals surface area contributed by atoms with Crippen LogP contribution < -0.4 is 16.6 Å². The van der Waals surface area contributed by atoms with Crippen molar-refractivity contribution in [1.82, 2.24) is 9.97 Å². The van der Waals surface area contributed by atoms with Gasteiger partial charge in [-0.15, -0.1) is 0 Å². The fraction of sp³-hybridized carbons (Fsp3) is 0.0833. The van der Waals surface area contributed by atoms with Crippen molar-refractivity contribution in [2.45, 2.75) is 0 Å². The first-order chi connectivity index (χ1) is 8.74. The highest BCUT2D eigenvalue weighted by Crippen LogP contribution is 2.23. The zero-order valence-electron chi connectivity index (χ0n) is 9.47. The van der Waals surface area contributed by atoms with E-state index in [0.717, 1.165) is 11.3 Å². The van der Waals surface area contributed by atoms with E-state index < -0.39 is 0 Å². The van der Waals surface area contributed by atoms with Crippen LogP contribution in [0.1, 0.15) is 5.56 Å². The van der Waals surface area contributed by atoms with Crippen LogP contribution in [-0.4, -0.2) is 22.2 Å². The van der Waals surface area contributed by atoms with Crippen molar-refractivity contribution in [3.63, 3.8) is 0 Å². The molecule has 1 aliphatic rings. The number of hydrogen-bond acceptors (Lipinski definition) is 5. The molecule has 0 bridgehead atoms. The summed E-state index contributed by atoms with van der Waals surface area (Å²) in [5.41, 5.74) is 7.20. The minimum atomic E-state index is -0.335. The highest BCUT2D eigenvalue weighted by atomic mass is 16.1. The molecule has 1 aromatic carbocycles. The zero-order chi connectivity index (χ0) is 12.5. The second-order valence-electron chi connectivity index (χ2n) is 3.93. The lowest BCUT2D eigenvalue weighted by Gasteiger charge is -2.16. The number of H-pyrrole nitrogens is 1. The zero-order valence-corrected chi connectivity index (χ0v) is 9.47. The largest absolute Gasteiger partial charge is 0.369 e. The fourth-order valence-electron chi connectivity index (χ4n) is 1.85. The van der Waals surface area contributed by atoms with Crippen LogP contribution in [0.15, 0.2) is 40.1 Å². The van der Waals surface area contributed by atoms with Crippen LogP contribution in [0.25, 0.3) is 0 Å². The molecule has 0 amide bonds. The first kappa shape index (κ1) is 10.5. The van der Waals surface area contributed by atoms with Gasteiger partial charge in [-0.3, -0.25) is 9.78 Å². The van der Waals surface area contributed by atoms with Crippen LogP contribution in [0.5, 0.6) is 0 Å². The summed E-state index contributed by atoms with van der Waals surface area (Å²) in [6.07, 6.45) is 0. The Labute approximate surface area is 103 Å². The maximum atomic E-state index is 11.7. The van der Waals surface area contributed by atoms with E-state index in [9.17, 15) is 4.79 Å². The Morgan fingerprint density at radius 3 is 2.78 bits per heavy atom. The number of aromatic amines is 1. The van der Waals surface area contributed by atoms with Gasteiger partial charge in [-0.1, -0.05) is 30.3 Å². The second-order valence-corrected chi connectivity index (χ2v) is 3.93. The molecule has 2 heterocycles. The van der Waals surface area contributed by atoms with E-state index in [1.54, 1.807) is 0 Å². The number of hydrogen-bond donors (Lipinski definition) is 3. The lowest BCUT2D eigenvalue weighted by atomic mass is 10.1. The number of aromatic nitrogens is 2. The number of rotatable bonds is 1. The number of nitrogens with two attached hydrogens (primary N) is 1. The lowest BCUT2D eigenvalue weighted by Crippen LogP contribution is -2.24. The first-order valence-corrected chi connectivity index (χ1v) is 5.51. The summed E-state index contributed by atoms with van der Waals surface area (Å²) in [5.74, 6) is 0.514. The van der Waals surface area contributed by atoms with Crippen LogP contribution in [-0.2, 0) is 0 Å². The topological polar surface area (TPSA) is 96.2 Å². The van der Waals surface area contributed by atoms with Crippen LogP contribution in [0.3, 0.4) is 0 Å². The molecule has 0 aliphatic carbocycles. The van der Waals surface area contributed by atoms with E-state index in [2.05, 4.69) is 20.3 Å². The molecule has 90 valence electrons. The minimum Gasteiger partial charge on any atom is -0.369 e. The number of benzene rings is 1. The van der Waals surface area contributed by atoms with Gasteiger partial charge < -0.3 is 11.1 Å². The minimum absolute atomic E-state index is 0.0876. The summed E-state index contributed by atoms with van der Waals surface area (Å²) in [4.78, 5) is 22.5. The first-order valence-electron chi connectivity index (χ1n) is 5.51. The molecule has 6 nitrogen and oxygen atoms in total. The average Bonchev–Trinajstić information content (AvgIpc) is 2.39. The summed E-state index contributed by atoms with van der Waals surface area (Å²) in [5, 5.41) is 3.05. The van der Waals surface area contributed by atoms with Crippen molar-refractivity contribution < 1.29 is 0 Å². The Balaban J connectivity index is 2.12. The molecular formula is C12H11N5O. The van der Waals surface area contributed by atoms with Crippen molar-refractivity contribution in [2.75, 3.05) is 17.6 Å². The number of nitrogens with zero attached hydrogens (tertiary/aromatic N) is 2. The van der Waals surface area contributed by atoms with Crippen molar-refractivity contribution in [1.29, 1.82) is 0 Å². The molecule has 0 radical (unpaired) electrons. The van der Waals surface area contributed by atoms with Gasteiger partial charge in [-0.25, -0.2) is 4.99 Å². The molecule has 6 heteroatoms. The molecule has 3 rings (SSSR count). The van der Waals surface area contributed by atoms with Gasteiger partial charge in [0.15, 0.2) is 11.5 Å². The standard InChI is InChI=1S/C12H11N5O/c13-12-16-10-9(11(18)17-12)15-8(6-14-10)7-4-2-1-3-5-7/h1-5H,6H2,(H4,13,14,16,17,18). The maximum absolute atomic E-state index is 11.7. The normalized spacial score (nSPS) is 13.4. The molecule has 0 fully saturated rings. The molecule has 4 N–H and O–H groups in total. The van der Waals surface area contributed by atoms with Gasteiger partial charge in [0.25, 0.3) is 5.56 Å². The Morgan fingerprint density at radius 1 is 1.22 bits per heavy atom. The molecule has 0 spiro atoms. The van der Waals surface area contributed by atoms with Gasteiger partial charge in [0.05, 0.1) is 12.3 Å². The molecule has 1 aromatic heterocycles. The number of nitrogen functional groups attached to an aromatic ring is 1. The van der Waals surface area contributed by atoms with E-state index in [1.807, 2.05) is 30.3 Å². The summed E-state index contributed by atoms with van der Waals surface area (Å²) >= 11 is 0.